The molecular weight excluding hydrogens is 268 g/mol. The molecule has 1 unspecified atom stereocenters. The minimum atomic E-state index is -0.113. The summed E-state index contributed by atoms with van der Waals surface area (Å²) in [6.45, 7) is 6.11. The van der Waals surface area contributed by atoms with Crippen LogP contribution in [0.15, 0.2) is 35.7 Å². The van der Waals surface area contributed by atoms with Gasteiger partial charge in [-0.15, -0.1) is 11.3 Å². The lowest BCUT2D eigenvalue weighted by molar-refractivity contribution is 0.0927. The van der Waals surface area contributed by atoms with Crippen LogP contribution < -0.4 is 11.1 Å². The minimum Gasteiger partial charge on any atom is -0.398 e. The summed E-state index contributed by atoms with van der Waals surface area (Å²) in [5.74, 6) is 0.210. The maximum atomic E-state index is 12.4. The molecule has 0 aliphatic carbocycles. The summed E-state index contributed by atoms with van der Waals surface area (Å²) < 4.78 is 0. The van der Waals surface area contributed by atoms with E-state index in [1.165, 1.54) is 4.88 Å². The zero-order valence-electron chi connectivity index (χ0n) is 12.0. The lowest BCUT2D eigenvalue weighted by atomic mass is 10.0. The predicted octanol–water partition coefficient (Wildman–Crippen LogP) is 3.77. The van der Waals surface area contributed by atoms with E-state index in [9.17, 15) is 4.79 Å². The smallest absolute Gasteiger partial charge is 0.253 e. The number of hydrogen-bond acceptors (Lipinski definition) is 3. The average molecular weight is 288 g/mol. The van der Waals surface area contributed by atoms with Crippen LogP contribution >= 0.6 is 11.3 Å². The van der Waals surface area contributed by atoms with Gasteiger partial charge >= 0.3 is 0 Å². The van der Waals surface area contributed by atoms with Gasteiger partial charge in [0.2, 0.25) is 0 Å². The Labute approximate surface area is 123 Å². The standard InChI is InChI=1S/C16H20N2OS/c1-10(2)15(13-8-5-9-20-13)18-16(19)12-7-4-6-11(3)14(12)17/h4-10,15H,17H2,1-3H3,(H,18,19). The van der Waals surface area contributed by atoms with Crippen molar-refractivity contribution in [3.8, 4) is 0 Å². The second-order valence-electron chi connectivity index (χ2n) is 5.25. The third kappa shape index (κ3) is 3.02. The number of anilines is 1. The molecule has 1 heterocycles. The molecule has 1 aromatic heterocycles. The van der Waals surface area contributed by atoms with E-state index in [0.29, 0.717) is 17.2 Å². The van der Waals surface area contributed by atoms with Gasteiger partial charge in [-0.2, -0.15) is 0 Å². The average Bonchev–Trinajstić information content (AvgIpc) is 2.92. The quantitative estimate of drug-likeness (QED) is 0.841. The summed E-state index contributed by atoms with van der Waals surface area (Å²) in [4.78, 5) is 13.6. The zero-order chi connectivity index (χ0) is 14.7. The van der Waals surface area contributed by atoms with Crippen LogP contribution in [0.2, 0.25) is 0 Å². The number of para-hydroxylation sites is 1. The minimum absolute atomic E-state index is 0.0161. The molecule has 0 bridgehead atoms. The van der Waals surface area contributed by atoms with Crippen molar-refractivity contribution >= 4 is 22.9 Å². The van der Waals surface area contributed by atoms with E-state index in [1.807, 2.05) is 30.5 Å². The fourth-order valence-electron chi connectivity index (χ4n) is 2.13. The first kappa shape index (κ1) is 14.6. The van der Waals surface area contributed by atoms with Crippen LogP contribution in [0.1, 0.15) is 40.7 Å². The van der Waals surface area contributed by atoms with Gasteiger partial charge in [-0.25, -0.2) is 0 Å². The Hall–Kier alpha value is -1.81. The van der Waals surface area contributed by atoms with Gasteiger partial charge in [0.05, 0.1) is 11.6 Å². The van der Waals surface area contributed by atoms with E-state index in [2.05, 4.69) is 25.2 Å². The van der Waals surface area contributed by atoms with Gasteiger partial charge in [0.25, 0.3) is 5.91 Å². The van der Waals surface area contributed by atoms with E-state index < -0.39 is 0 Å². The summed E-state index contributed by atoms with van der Waals surface area (Å²) in [5.41, 5.74) is 8.02. The van der Waals surface area contributed by atoms with Crippen LogP contribution in [0.3, 0.4) is 0 Å². The molecule has 20 heavy (non-hydrogen) atoms. The number of benzene rings is 1. The number of nitrogens with one attached hydrogen (secondary N) is 1. The molecule has 3 nitrogen and oxygen atoms in total. The van der Waals surface area contributed by atoms with Crippen LogP contribution in [0.25, 0.3) is 0 Å². The van der Waals surface area contributed by atoms with Crippen molar-refractivity contribution < 1.29 is 4.79 Å². The van der Waals surface area contributed by atoms with Crippen molar-refractivity contribution in [3.05, 3.63) is 51.7 Å². The van der Waals surface area contributed by atoms with Crippen LogP contribution in [0.5, 0.6) is 0 Å². The van der Waals surface area contributed by atoms with Crippen molar-refractivity contribution in [2.24, 2.45) is 5.92 Å². The van der Waals surface area contributed by atoms with Crippen LogP contribution in [-0.2, 0) is 0 Å². The molecule has 0 fully saturated rings. The third-order valence-corrected chi connectivity index (χ3v) is 4.33. The molecule has 0 saturated carbocycles. The van der Waals surface area contributed by atoms with E-state index in [4.69, 9.17) is 5.73 Å². The van der Waals surface area contributed by atoms with Crippen molar-refractivity contribution in [2.45, 2.75) is 26.8 Å². The first-order valence-electron chi connectivity index (χ1n) is 6.70. The van der Waals surface area contributed by atoms with Gasteiger partial charge in [0.1, 0.15) is 0 Å². The van der Waals surface area contributed by atoms with E-state index in [0.717, 1.165) is 5.56 Å². The number of amides is 1. The molecular formula is C16H20N2OS. The largest absolute Gasteiger partial charge is 0.398 e. The summed E-state index contributed by atoms with van der Waals surface area (Å²) in [6, 6.07) is 9.60. The number of carbonyl (C=O) groups excluding carboxylic acids is 1. The van der Waals surface area contributed by atoms with Gasteiger partial charge in [0.15, 0.2) is 0 Å². The molecule has 1 atom stereocenters. The molecule has 0 aliphatic heterocycles. The van der Waals surface area contributed by atoms with E-state index >= 15 is 0 Å². The Morgan fingerprint density at radius 3 is 2.60 bits per heavy atom. The van der Waals surface area contributed by atoms with Gasteiger partial charge in [0, 0.05) is 10.6 Å². The molecule has 0 saturated heterocycles. The molecule has 1 amide bonds. The molecule has 106 valence electrons. The van der Waals surface area contributed by atoms with E-state index in [1.54, 1.807) is 17.4 Å². The predicted molar refractivity (Wildman–Crippen MR) is 85.0 cm³/mol. The Balaban J connectivity index is 2.23. The van der Waals surface area contributed by atoms with Crippen LogP contribution in [0.4, 0.5) is 5.69 Å². The number of nitrogen functional groups attached to an aromatic ring is 1. The second kappa shape index (κ2) is 6.09. The molecule has 3 N–H and O–H groups in total. The number of thiophene rings is 1. The Kier molecular flexibility index (Phi) is 4.45. The number of hydrogen-bond donors (Lipinski definition) is 2. The van der Waals surface area contributed by atoms with Gasteiger partial charge in [-0.1, -0.05) is 32.0 Å². The number of carbonyl (C=O) groups is 1. The van der Waals surface area contributed by atoms with Crippen molar-refractivity contribution in [2.75, 3.05) is 5.73 Å². The maximum absolute atomic E-state index is 12.4. The van der Waals surface area contributed by atoms with E-state index in [-0.39, 0.29) is 11.9 Å². The molecule has 4 heteroatoms. The van der Waals surface area contributed by atoms with Gasteiger partial charge in [-0.3, -0.25) is 4.79 Å². The Morgan fingerprint density at radius 2 is 2.00 bits per heavy atom. The fourth-order valence-corrected chi connectivity index (χ4v) is 3.08. The summed E-state index contributed by atoms with van der Waals surface area (Å²) in [7, 11) is 0. The fraction of sp³-hybridized carbons (Fsp3) is 0.312. The molecule has 0 radical (unpaired) electrons. The summed E-state index contributed by atoms with van der Waals surface area (Å²) >= 11 is 1.66. The van der Waals surface area contributed by atoms with Crippen molar-refractivity contribution in [1.29, 1.82) is 0 Å². The lowest BCUT2D eigenvalue weighted by Gasteiger charge is -2.22. The Morgan fingerprint density at radius 1 is 1.25 bits per heavy atom. The Bertz CT molecular complexity index is 591. The highest BCUT2D eigenvalue weighted by atomic mass is 32.1. The first-order chi connectivity index (χ1) is 9.50. The van der Waals surface area contributed by atoms with Crippen LogP contribution in [0, 0.1) is 12.8 Å². The maximum Gasteiger partial charge on any atom is 0.253 e. The lowest BCUT2D eigenvalue weighted by Crippen LogP contribution is -2.31. The highest BCUT2D eigenvalue weighted by molar-refractivity contribution is 7.10. The van der Waals surface area contributed by atoms with Gasteiger partial charge in [-0.05, 0) is 35.9 Å². The topological polar surface area (TPSA) is 55.1 Å². The first-order valence-corrected chi connectivity index (χ1v) is 7.58. The third-order valence-electron chi connectivity index (χ3n) is 3.37. The van der Waals surface area contributed by atoms with Crippen LogP contribution in [-0.4, -0.2) is 5.91 Å². The molecule has 2 rings (SSSR count). The summed E-state index contributed by atoms with van der Waals surface area (Å²) in [5, 5.41) is 5.12. The highest BCUT2D eigenvalue weighted by Crippen LogP contribution is 2.27. The normalized spacial score (nSPS) is 12.4. The number of nitrogens with two attached hydrogens (primary N) is 1. The second-order valence-corrected chi connectivity index (χ2v) is 6.23. The number of aryl methyl sites for hydroxylation is 1. The molecule has 0 spiro atoms. The molecule has 1 aromatic carbocycles. The summed E-state index contributed by atoms with van der Waals surface area (Å²) in [6.07, 6.45) is 0. The number of rotatable bonds is 4. The zero-order valence-corrected chi connectivity index (χ0v) is 12.8. The SMILES string of the molecule is Cc1cccc(C(=O)NC(c2cccs2)C(C)C)c1N. The monoisotopic (exact) mass is 288 g/mol. The van der Waals surface area contributed by atoms with Crippen molar-refractivity contribution in [3.63, 3.8) is 0 Å². The highest BCUT2D eigenvalue weighted by Gasteiger charge is 2.21. The van der Waals surface area contributed by atoms with Gasteiger partial charge < -0.3 is 11.1 Å². The molecule has 0 aliphatic rings. The molecule has 2 aromatic rings. The van der Waals surface area contributed by atoms with Crippen molar-refractivity contribution in [1.82, 2.24) is 5.32 Å².